The zero-order valence-electron chi connectivity index (χ0n) is 12.2. The van der Waals surface area contributed by atoms with Crippen LogP contribution in [0.15, 0.2) is 18.3 Å². The molecule has 0 spiro atoms. The number of anilines is 1. The molecule has 1 aliphatic rings. The fourth-order valence-electron chi connectivity index (χ4n) is 2.80. The predicted molar refractivity (Wildman–Crippen MR) is 81.0 cm³/mol. The van der Waals surface area contributed by atoms with E-state index >= 15 is 0 Å². The van der Waals surface area contributed by atoms with Gasteiger partial charge in [0.05, 0.1) is 24.4 Å². The van der Waals surface area contributed by atoms with E-state index in [1.54, 1.807) is 7.11 Å². The van der Waals surface area contributed by atoms with E-state index < -0.39 is 0 Å². The van der Waals surface area contributed by atoms with E-state index in [-0.39, 0.29) is 0 Å². The van der Waals surface area contributed by atoms with Crippen LogP contribution in [0, 0.1) is 0 Å². The van der Waals surface area contributed by atoms with Crippen LogP contribution in [0.25, 0.3) is 10.9 Å². The number of methoxy groups -OCH3 is 1. The zero-order chi connectivity index (χ0) is 14.5. The van der Waals surface area contributed by atoms with Gasteiger partial charge in [0.15, 0.2) is 0 Å². The number of aliphatic hydroxyl groups is 1. The predicted octanol–water partition coefficient (Wildman–Crippen LogP) is 2.74. The maximum absolute atomic E-state index is 7.00. The van der Waals surface area contributed by atoms with Gasteiger partial charge in [0.1, 0.15) is 5.75 Å². The van der Waals surface area contributed by atoms with Crippen LogP contribution in [0.4, 0.5) is 5.69 Å². The van der Waals surface area contributed by atoms with Crippen molar-refractivity contribution in [2.45, 2.75) is 38.1 Å². The first-order chi connectivity index (χ1) is 9.78. The molecule has 1 aromatic heterocycles. The van der Waals surface area contributed by atoms with Gasteiger partial charge in [-0.3, -0.25) is 4.68 Å². The molecule has 0 amide bonds. The quantitative estimate of drug-likeness (QED) is 0.828. The lowest BCUT2D eigenvalue weighted by Crippen LogP contribution is -2.12. The molecule has 0 aliphatic heterocycles. The number of fused-ring (bicyclic) bond motifs is 1. The van der Waals surface area contributed by atoms with Crippen LogP contribution < -0.4 is 10.5 Å². The minimum Gasteiger partial charge on any atom is -0.495 e. The molecule has 5 heteroatoms. The summed E-state index contributed by atoms with van der Waals surface area (Å²) in [6.07, 6.45) is 8.57. The topological polar surface area (TPSA) is 73.3 Å². The third-order valence-corrected chi connectivity index (χ3v) is 3.82. The Morgan fingerprint density at radius 3 is 2.60 bits per heavy atom. The number of aliphatic hydroxyl groups excluding tert-OH is 1. The standard InChI is InChI=1S/C14H19N3O.CH4O/c1-18-14-8-13-10(7-12(14)15)9-17(16-13)11-5-3-2-4-6-11;1-2/h7-9,11H,2-6,15H2,1H3;2H,1H3. The fraction of sp³-hybridized carbons (Fsp3) is 0.533. The molecule has 0 atom stereocenters. The number of ether oxygens (including phenoxy) is 1. The summed E-state index contributed by atoms with van der Waals surface area (Å²) in [4.78, 5) is 0. The molecule has 0 unspecified atom stereocenters. The van der Waals surface area contributed by atoms with Crippen LogP contribution in [0.5, 0.6) is 5.75 Å². The van der Waals surface area contributed by atoms with Gasteiger partial charge in [0.2, 0.25) is 0 Å². The third kappa shape index (κ3) is 2.88. The molecule has 5 nitrogen and oxygen atoms in total. The first-order valence-corrected chi connectivity index (χ1v) is 7.05. The Morgan fingerprint density at radius 2 is 1.95 bits per heavy atom. The van der Waals surface area contributed by atoms with E-state index in [2.05, 4.69) is 16.0 Å². The second-order valence-electron chi connectivity index (χ2n) is 5.05. The average Bonchev–Trinajstić information content (AvgIpc) is 2.92. The van der Waals surface area contributed by atoms with Gasteiger partial charge in [0, 0.05) is 24.8 Å². The molecule has 2 aromatic rings. The largest absolute Gasteiger partial charge is 0.495 e. The van der Waals surface area contributed by atoms with Crippen LogP contribution in [-0.4, -0.2) is 29.1 Å². The molecule has 0 saturated heterocycles. The van der Waals surface area contributed by atoms with Crippen molar-refractivity contribution in [2.24, 2.45) is 0 Å². The number of hydrogen-bond donors (Lipinski definition) is 2. The Balaban J connectivity index is 0.000000704. The van der Waals surface area contributed by atoms with Crippen molar-refractivity contribution in [3.63, 3.8) is 0 Å². The molecule has 1 saturated carbocycles. The van der Waals surface area contributed by atoms with Gasteiger partial charge in [-0.2, -0.15) is 5.10 Å². The monoisotopic (exact) mass is 277 g/mol. The molecule has 3 N–H and O–H groups in total. The molecule has 1 aromatic carbocycles. The number of benzene rings is 1. The molecule has 1 aliphatic carbocycles. The Kier molecular flexibility index (Phi) is 4.84. The second kappa shape index (κ2) is 6.61. The highest BCUT2D eigenvalue weighted by Crippen LogP contribution is 2.31. The average molecular weight is 277 g/mol. The van der Waals surface area contributed by atoms with Gasteiger partial charge < -0.3 is 15.6 Å². The molecule has 110 valence electrons. The van der Waals surface area contributed by atoms with Crippen molar-refractivity contribution in [1.29, 1.82) is 0 Å². The molecule has 0 radical (unpaired) electrons. The van der Waals surface area contributed by atoms with Crippen molar-refractivity contribution >= 4 is 16.6 Å². The van der Waals surface area contributed by atoms with E-state index in [0.717, 1.165) is 18.0 Å². The summed E-state index contributed by atoms with van der Waals surface area (Å²) in [6, 6.07) is 4.42. The minimum absolute atomic E-state index is 0.554. The van der Waals surface area contributed by atoms with Crippen molar-refractivity contribution < 1.29 is 9.84 Å². The lowest BCUT2D eigenvalue weighted by atomic mass is 9.96. The lowest BCUT2D eigenvalue weighted by Gasteiger charge is -2.21. The maximum atomic E-state index is 7.00. The van der Waals surface area contributed by atoms with Crippen LogP contribution >= 0.6 is 0 Å². The summed E-state index contributed by atoms with van der Waals surface area (Å²) in [5.74, 6) is 0.705. The fourth-order valence-corrected chi connectivity index (χ4v) is 2.80. The number of nitrogens with zero attached hydrogens (tertiary/aromatic N) is 2. The summed E-state index contributed by atoms with van der Waals surface area (Å²) in [5, 5.41) is 12.8. The van der Waals surface area contributed by atoms with Gasteiger partial charge in [-0.25, -0.2) is 0 Å². The molecule has 3 rings (SSSR count). The third-order valence-electron chi connectivity index (χ3n) is 3.82. The van der Waals surface area contributed by atoms with Crippen molar-refractivity contribution in [1.82, 2.24) is 9.78 Å². The van der Waals surface area contributed by atoms with E-state index in [4.69, 9.17) is 15.6 Å². The number of aromatic nitrogens is 2. The van der Waals surface area contributed by atoms with Crippen LogP contribution in [0.3, 0.4) is 0 Å². The number of nitrogens with two attached hydrogens (primary N) is 1. The Morgan fingerprint density at radius 1 is 1.25 bits per heavy atom. The first kappa shape index (κ1) is 14.7. The second-order valence-corrected chi connectivity index (χ2v) is 5.05. The summed E-state index contributed by atoms with van der Waals surface area (Å²) in [5.41, 5.74) is 7.56. The minimum atomic E-state index is 0.554. The normalized spacial score (nSPS) is 15.8. The molecular formula is C15H23N3O2. The van der Waals surface area contributed by atoms with Gasteiger partial charge in [0.25, 0.3) is 0 Å². The molecule has 0 bridgehead atoms. The summed E-state index contributed by atoms with van der Waals surface area (Å²) in [7, 11) is 2.63. The van der Waals surface area contributed by atoms with Crippen molar-refractivity contribution in [3.8, 4) is 5.75 Å². The maximum Gasteiger partial charge on any atom is 0.144 e. The van der Waals surface area contributed by atoms with Crippen LogP contribution in [0.1, 0.15) is 38.1 Å². The number of hydrogen-bond acceptors (Lipinski definition) is 4. The van der Waals surface area contributed by atoms with E-state index in [9.17, 15) is 0 Å². The SMILES string of the molecule is CO.COc1cc2nn(C3CCCCC3)cc2cc1N. The van der Waals surface area contributed by atoms with Crippen LogP contribution in [-0.2, 0) is 0 Å². The van der Waals surface area contributed by atoms with Crippen molar-refractivity contribution in [2.75, 3.05) is 20.0 Å². The highest BCUT2D eigenvalue weighted by Gasteiger charge is 2.17. The van der Waals surface area contributed by atoms with Gasteiger partial charge in [-0.1, -0.05) is 19.3 Å². The summed E-state index contributed by atoms with van der Waals surface area (Å²) < 4.78 is 7.35. The molecule has 1 heterocycles. The highest BCUT2D eigenvalue weighted by molar-refractivity contribution is 5.84. The van der Waals surface area contributed by atoms with Gasteiger partial charge in [-0.05, 0) is 18.9 Å². The van der Waals surface area contributed by atoms with Crippen molar-refractivity contribution in [3.05, 3.63) is 18.3 Å². The van der Waals surface area contributed by atoms with Crippen LogP contribution in [0.2, 0.25) is 0 Å². The molecule has 1 fully saturated rings. The Bertz CT molecular complexity index is 559. The van der Waals surface area contributed by atoms with E-state index in [1.165, 1.54) is 32.1 Å². The zero-order valence-corrected chi connectivity index (χ0v) is 12.2. The molecule has 20 heavy (non-hydrogen) atoms. The highest BCUT2D eigenvalue weighted by atomic mass is 16.5. The number of nitrogen functional groups attached to an aromatic ring is 1. The Labute approximate surface area is 119 Å². The Hall–Kier alpha value is -1.75. The molecular weight excluding hydrogens is 254 g/mol. The first-order valence-electron chi connectivity index (χ1n) is 7.05. The van der Waals surface area contributed by atoms with Gasteiger partial charge >= 0.3 is 0 Å². The van der Waals surface area contributed by atoms with E-state index in [0.29, 0.717) is 17.5 Å². The number of rotatable bonds is 2. The van der Waals surface area contributed by atoms with E-state index in [1.807, 2.05) is 12.1 Å². The lowest BCUT2D eigenvalue weighted by molar-refractivity contribution is 0.331. The summed E-state index contributed by atoms with van der Waals surface area (Å²) in [6.45, 7) is 0. The smallest absolute Gasteiger partial charge is 0.144 e. The summed E-state index contributed by atoms with van der Waals surface area (Å²) >= 11 is 0. The van der Waals surface area contributed by atoms with Gasteiger partial charge in [-0.15, -0.1) is 0 Å².